The number of hydrogen-bond acceptors (Lipinski definition) is 7. The molecule has 0 amide bonds. The van der Waals surface area contributed by atoms with Crippen molar-refractivity contribution in [3.05, 3.63) is 87.3 Å². The maximum atomic E-state index is 13.7. The minimum absolute atomic E-state index is 0.0443. The van der Waals surface area contributed by atoms with E-state index in [1.165, 1.54) is 25.9 Å². The van der Waals surface area contributed by atoms with E-state index in [0.29, 0.717) is 45.8 Å². The summed E-state index contributed by atoms with van der Waals surface area (Å²) in [6.45, 7) is 0.257. The second-order valence-electron chi connectivity index (χ2n) is 8.43. The van der Waals surface area contributed by atoms with Crippen LogP contribution in [0.15, 0.2) is 65.5 Å². The lowest BCUT2D eigenvalue weighted by Gasteiger charge is -2.20. The first-order valence-electron chi connectivity index (χ1n) is 11.9. The number of aromatic nitrogens is 1. The molecule has 0 bridgehead atoms. The predicted molar refractivity (Wildman–Crippen MR) is 146 cm³/mol. The van der Waals surface area contributed by atoms with E-state index >= 15 is 0 Å². The predicted octanol–water partition coefficient (Wildman–Crippen LogP) is 5.09. The molecule has 0 unspecified atom stereocenters. The Labute approximate surface area is 224 Å². The first-order valence-corrected chi connectivity index (χ1v) is 12.3. The van der Waals surface area contributed by atoms with Crippen LogP contribution in [0.1, 0.15) is 22.5 Å². The Morgan fingerprint density at radius 3 is 2.24 bits per heavy atom. The van der Waals surface area contributed by atoms with Gasteiger partial charge in [0, 0.05) is 18.7 Å². The van der Waals surface area contributed by atoms with Gasteiger partial charge in [0.15, 0.2) is 0 Å². The molecule has 198 valence electrons. The van der Waals surface area contributed by atoms with Gasteiger partial charge in [-0.05, 0) is 53.3 Å². The fraction of sp³-hybridized carbons (Fsp3) is 0.241. The standard InChI is InChI=1S/C29H28ClNO7/c1-35-23-14-19(15-24(36-2)26(23)30)25-21-11-10-20(38-17-18-8-5-4-6-9-18)16-22(21)28(33)31(12-7-13-32)27(25)29(34)37-3/h4-6,8-11,14-16,32H,7,12-13,17H2,1-3H3. The molecular weight excluding hydrogens is 510 g/mol. The largest absolute Gasteiger partial charge is 0.495 e. The van der Waals surface area contributed by atoms with Gasteiger partial charge in [0.1, 0.15) is 34.6 Å². The molecule has 9 heteroatoms. The van der Waals surface area contributed by atoms with Crippen molar-refractivity contribution in [3.8, 4) is 28.4 Å². The number of aliphatic hydroxyl groups is 1. The van der Waals surface area contributed by atoms with Crippen LogP contribution in [0.2, 0.25) is 5.02 Å². The number of halogens is 1. The Morgan fingerprint density at radius 1 is 0.947 bits per heavy atom. The number of benzene rings is 3. The first kappa shape index (κ1) is 27.0. The molecule has 0 saturated heterocycles. The smallest absolute Gasteiger partial charge is 0.355 e. The highest BCUT2D eigenvalue weighted by atomic mass is 35.5. The number of pyridine rings is 1. The van der Waals surface area contributed by atoms with Crippen LogP contribution in [-0.4, -0.2) is 43.6 Å². The average molecular weight is 538 g/mol. The van der Waals surface area contributed by atoms with E-state index in [2.05, 4.69) is 0 Å². The van der Waals surface area contributed by atoms with E-state index in [9.17, 15) is 14.7 Å². The number of carbonyl (C=O) groups excluding carboxylic acids is 1. The fourth-order valence-corrected chi connectivity index (χ4v) is 4.58. The monoisotopic (exact) mass is 537 g/mol. The second kappa shape index (κ2) is 12.0. The van der Waals surface area contributed by atoms with Gasteiger partial charge in [-0.15, -0.1) is 0 Å². The Bertz CT molecular complexity index is 1490. The lowest BCUT2D eigenvalue weighted by molar-refractivity contribution is 0.0587. The highest BCUT2D eigenvalue weighted by Gasteiger charge is 2.26. The molecular formula is C29H28ClNO7. The molecule has 4 aromatic rings. The van der Waals surface area contributed by atoms with E-state index in [4.69, 9.17) is 30.5 Å². The molecule has 0 spiro atoms. The molecule has 1 heterocycles. The number of aliphatic hydroxyl groups excluding tert-OH is 1. The zero-order valence-corrected chi connectivity index (χ0v) is 22.1. The summed E-state index contributed by atoms with van der Waals surface area (Å²) in [7, 11) is 4.20. The molecule has 3 aromatic carbocycles. The summed E-state index contributed by atoms with van der Waals surface area (Å²) in [6, 6.07) is 18.2. The number of fused-ring (bicyclic) bond motifs is 1. The van der Waals surface area contributed by atoms with Crippen LogP contribution >= 0.6 is 11.6 Å². The maximum Gasteiger partial charge on any atom is 0.355 e. The van der Waals surface area contributed by atoms with Gasteiger partial charge in [-0.3, -0.25) is 4.79 Å². The van der Waals surface area contributed by atoms with Gasteiger partial charge >= 0.3 is 5.97 Å². The molecule has 38 heavy (non-hydrogen) atoms. The zero-order chi connectivity index (χ0) is 27.2. The highest BCUT2D eigenvalue weighted by Crippen LogP contribution is 2.42. The summed E-state index contributed by atoms with van der Waals surface area (Å²) in [5, 5.41) is 10.6. The second-order valence-corrected chi connectivity index (χ2v) is 8.80. The van der Waals surface area contributed by atoms with E-state index in [1.807, 2.05) is 30.3 Å². The number of hydrogen-bond donors (Lipinski definition) is 1. The van der Waals surface area contributed by atoms with Crippen LogP contribution in [-0.2, 0) is 17.9 Å². The Hall–Kier alpha value is -4.01. The minimum Gasteiger partial charge on any atom is -0.495 e. The third-order valence-electron chi connectivity index (χ3n) is 6.14. The molecule has 0 radical (unpaired) electrons. The molecule has 0 aliphatic carbocycles. The van der Waals surface area contributed by atoms with E-state index in [0.717, 1.165) is 5.56 Å². The van der Waals surface area contributed by atoms with Crippen LogP contribution < -0.4 is 19.8 Å². The topological polar surface area (TPSA) is 96.2 Å². The third kappa shape index (κ3) is 5.32. The summed E-state index contributed by atoms with van der Waals surface area (Å²) in [6.07, 6.45) is 0.256. The quantitative estimate of drug-likeness (QED) is 0.282. The lowest BCUT2D eigenvalue weighted by Crippen LogP contribution is -2.28. The van der Waals surface area contributed by atoms with E-state index in [-0.39, 0.29) is 30.3 Å². The highest BCUT2D eigenvalue weighted by molar-refractivity contribution is 6.33. The molecule has 4 rings (SSSR count). The number of rotatable bonds is 10. The number of nitrogens with zero attached hydrogens (tertiary/aromatic N) is 1. The van der Waals surface area contributed by atoms with Gasteiger partial charge in [0.25, 0.3) is 5.56 Å². The van der Waals surface area contributed by atoms with Gasteiger partial charge in [0.05, 0.1) is 26.7 Å². The Morgan fingerprint density at radius 2 is 1.63 bits per heavy atom. The molecule has 0 saturated carbocycles. The number of carbonyl (C=O) groups is 1. The fourth-order valence-electron chi connectivity index (χ4n) is 4.32. The van der Waals surface area contributed by atoms with Gasteiger partial charge in [-0.2, -0.15) is 0 Å². The lowest BCUT2D eigenvalue weighted by atomic mass is 9.95. The van der Waals surface area contributed by atoms with Crippen LogP contribution in [0.4, 0.5) is 0 Å². The first-order chi connectivity index (χ1) is 18.4. The summed E-state index contributed by atoms with van der Waals surface area (Å²) < 4.78 is 23.3. The van der Waals surface area contributed by atoms with Crippen LogP contribution in [0.25, 0.3) is 21.9 Å². The van der Waals surface area contributed by atoms with Crippen molar-refractivity contribution in [1.82, 2.24) is 4.57 Å². The molecule has 0 fully saturated rings. The SMILES string of the molecule is COC(=O)c1c(-c2cc(OC)c(Cl)c(OC)c2)c2ccc(OCc3ccccc3)cc2c(=O)n1CCCO. The Balaban J connectivity index is 2.00. The Kier molecular flexibility index (Phi) is 8.55. The van der Waals surface area contributed by atoms with Crippen molar-refractivity contribution < 1.29 is 28.8 Å². The van der Waals surface area contributed by atoms with Gasteiger partial charge in [-0.1, -0.05) is 41.9 Å². The number of ether oxygens (including phenoxy) is 4. The van der Waals surface area contributed by atoms with Gasteiger partial charge in [0.2, 0.25) is 0 Å². The van der Waals surface area contributed by atoms with E-state index in [1.54, 1.807) is 30.3 Å². The number of esters is 1. The van der Waals surface area contributed by atoms with Crippen LogP contribution in [0.3, 0.4) is 0 Å². The summed E-state index contributed by atoms with van der Waals surface area (Å²) >= 11 is 6.41. The third-order valence-corrected chi connectivity index (χ3v) is 6.52. The van der Waals surface area contributed by atoms with Crippen molar-refractivity contribution in [1.29, 1.82) is 0 Å². The molecule has 0 atom stereocenters. The molecule has 1 aromatic heterocycles. The van der Waals surface area contributed by atoms with Crippen molar-refractivity contribution >= 4 is 28.3 Å². The maximum absolute atomic E-state index is 13.7. The van der Waals surface area contributed by atoms with E-state index < -0.39 is 11.5 Å². The summed E-state index contributed by atoms with van der Waals surface area (Å²) in [5.74, 6) is 0.464. The molecule has 0 aliphatic heterocycles. The average Bonchev–Trinajstić information content (AvgIpc) is 2.95. The van der Waals surface area contributed by atoms with Crippen molar-refractivity contribution in [2.75, 3.05) is 27.9 Å². The summed E-state index contributed by atoms with van der Waals surface area (Å²) in [5.41, 5.74) is 1.59. The molecule has 1 N–H and O–H groups in total. The van der Waals surface area contributed by atoms with Crippen molar-refractivity contribution in [2.24, 2.45) is 0 Å². The van der Waals surface area contributed by atoms with Gasteiger partial charge in [-0.25, -0.2) is 4.79 Å². The van der Waals surface area contributed by atoms with Crippen molar-refractivity contribution in [3.63, 3.8) is 0 Å². The van der Waals surface area contributed by atoms with Gasteiger partial charge < -0.3 is 28.6 Å². The zero-order valence-electron chi connectivity index (χ0n) is 21.3. The number of methoxy groups -OCH3 is 3. The normalized spacial score (nSPS) is 10.9. The molecule has 8 nitrogen and oxygen atoms in total. The van der Waals surface area contributed by atoms with Crippen LogP contribution in [0.5, 0.6) is 17.2 Å². The summed E-state index contributed by atoms with van der Waals surface area (Å²) in [4.78, 5) is 26.9. The van der Waals surface area contributed by atoms with Crippen LogP contribution in [0, 0.1) is 0 Å². The molecule has 0 aliphatic rings. The minimum atomic E-state index is -0.700. The van der Waals surface area contributed by atoms with Crippen molar-refractivity contribution in [2.45, 2.75) is 19.6 Å².